The molecule has 0 N–H and O–H groups in total. The number of benzene rings is 2. The van der Waals surface area contributed by atoms with Gasteiger partial charge in [0.2, 0.25) is 0 Å². The third-order valence-electron chi connectivity index (χ3n) is 3.98. The molecule has 0 unspecified atom stereocenters. The summed E-state index contributed by atoms with van der Waals surface area (Å²) in [7, 11) is 0. The largest absolute Gasteiger partial charge is 0.451 e. The molecule has 0 atom stereocenters. The lowest BCUT2D eigenvalue weighted by Crippen LogP contribution is -2.09. The van der Waals surface area contributed by atoms with E-state index in [1.807, 2.05) is 48.5 Å². The van der Waals surface area contributed by atoms with Gasteiger partial charge in [-0.05, 0) is 30.3 Å². The summed E-state index contributed by atoms with van der Waals surface area (Å²) >= 11 is 3.43. The Bertz CT molecular complexity index is 1150. The van der Waals surface area contributed by atoms with Crippen molar-refractivity contribution in [2.45, 2.75) is 0 Å². The van der Waals surface area contributed by atoms with E-state index < -0.39 is 0 Å². The zero-order valence-electron chi connectivity index (χ0n) is 12.9. The molecule has 5 heteroatoms. The van der Waals surface area contributed by atoms with Crippen LogP contribution in [0.3, 0.4) is 0 Å². The van der Waals surface area contributed by atoms with Crippen molar-refractivity contribution < 1.29 is 9.21 Å². The van der Waals surface area contributed by atoms with Crippen LogP contribution < -0.4 is 0 Å². The normalized spacial score (nSPS) is 10.7. The standard InChI is InChI=1S/C20H11BrN2O2/c21-15-5-3-4-13(10-15)18-8-9-19(25-18)20(24)23-12-14(11-22)16-6-1-2-7-17(16)23/h1-10,12H. The second-order valence-electron chi connectivity index (χ2n) is 5.52. The highest BCUT2D eigenvalue weighted by Crippen LogP contribution is 2.27. The van der Waals surface area contributed by atoms with Crippen molar-refractivity contribution in [3.8, 4) is 17.4 Å². The molecular weight excluding hydrogens is 380 g/mol. The van der Waals surface area contributed by atoms with Gasteiger partial charge in [-0.15, -0.1) is 0 Å². The molecule has 0 saturated heterocycles. The van der Waals surface area contributed by atoms with Gasteiger partial charge in [0.05, 0.1) is 11.1 Å². The van der Waals surface area contributed by atoms with Gasteiger partial charge in [-0.1, -0.05) is 46.3 Å². The molecule has 120 valence electrons. The van der Waals surface area contributed by atoms with E-state index in [-0.39, 0.29) is 11.7 Å². The van der Waals surface area contributed by atoms with E-state index in [1.165, 1.54) is 4.57 Å². The lowest BCUT2D eigenvalue weighted by Gasteiger charge is -2.01. The minimum atomic E-state index is -0.307. The minimum absolute atomic E-state index is 0.222. The molecule has 0 aliphatic rings. The average Bonchev–Trinajstić information content (AvgIpc) is 3.26. The fourth-order valence-corrected chi connectivity index (χ4v) is 3.20. The second kappa shape index (κ2) is 6.08. The summed E-state index contributed by atoms with van der Waals surface area (Å²) < 4.78 is 8.15. The van der Waals surface area contributed by atoms with Gasteiger partial charge < -0.3 is 4.42 Å². The number of halogens is 1. The maximum absolute atomic E-state index is 12.9. The van der Waals surface area contributed by atoms with E-state index >= 15 is 0 Å². The molecule has 0 aliphatic heterocycles. The zero-order valence-corrected chi connectivity index (χ0v) is 14.5. The van der Waals surface area contributed by atoms with Gasteiger partial charge in [0.15, 0.2) is 5.76 Å². The van der Waals surface area contributed by atoms with Crippen LogP contribution in [0, 0.1) is 11.3 Å². The van der Waals surface area contributed by atoms with Crippen LogP contribution in [0.25, 0.3) is 22.2 Å². The Kier molecular flexibility index (Phi) is 3.75. The molecule has 0 radical (unpaired) electrons. The summed E-state index contributed by atoms with van der Waals surface area (Å²) in [5.41, 5.74) is 2.02. The molecule has 4 aromatic rings. The Morgan fingerprint density at radius 1 is 1.08 bits per heavy atom. The van der Waals surface area contributed by atoms with Gasteiger partial charge >= 0.3 is 0 Å². The van der Waals surface area contributed by atoms with Crippen molar-refractivity contribution in [1.29, 1.82) is 5.26 Å². The highest BCUT2D eigenvalue weighted by atomic mass is 79.9. The zero-order chi connectivity index (χ0) is 17.4. The molecule has 2 heterocycles. The SMILES string of the molecule is N#Cc1cn(C(=O)c2ccc(-c3cccc(Br)c3)o2)c2ccccc12. The summed E-state index contributed by atoms with van der Waals surface area (Å²) in [6.45, 7) is 0. The highest BCUT2D eigenvalue weighted by Gasteiger charge is 2.18. The van der Waals surface area contributed by atoms with E-state index in [4.69, 9.17) is 4.42 Å². The number of aromatic nitrogens is 1. The van der Waals surface area contributed by atoms with Crippen LogP contribution in [-0.2, 0) is 0 Å². The maximum atomic E-state index is 12.9. The first-order valence-electron chi connectivity index (χ1n) is 7.58. The maximum Gasteiger partial charge on any atom is 0.298 e. The van der Waals surface area contributed by atoms with Gasteiger partial charge in [0.25, 0.3) is 5.91 Å². The van der Waals surface area contributed by atoms with Crippen molar-refractivity contribution in [2.75, 3.05) is 0 Å². The number of carbonyl (C=O) groups excluding carboxylic acids is 1. The van der Waals surface area contributed by atoms with Gasteiger partial charge in [0, 0.05) is 21.6 Å². The van der Waals surface area contributed by atoms with Crippen molar-refractivity contribution in [3.05, 3.63) is 82.7 Å². The molecular formula is C20H11BrN2O2. The van der Waals surface area contributed by atoms with Crippen molar-refractivity contribution in [1.82, 2.24) is 4.57 Å². The molecule has 0 bridgehead atoms. The molecule has 0 spiro atoms. The van der Waals surface area contributed by atoms with Crippen molar-refractivity contribution in [2.24, 2.45) is 0 Å². The Labute approximate surface area is 152 Å². The highest BCUT2D eigenvalue weighted by molar-refractivity contribution is 9.10. The van der Waals surface area contributed by atoms with Crippen LogP contribution in [0.5, 0.6) is 0 Å². The van der Waals surface area contributed by atoms with Gasteiger partial charge in [0.1, 0.15) is 11.8 Å². The van der Waals surface area contributed by atoms with E-state index in [0.717, 1.165) is 15.4 Å². The summed E-state index contributed by atoms with van der Waals surface area (Å²) in [5.74, 6) is 0.529. The van der Waals surface area contributed by atoms with E-state index in [9.17, 15) is 10.1 Å². The van der Waals surface area contributed by atoms with E-state index in [1.54, 1.807) is 18.3 Å². The molecule has 25 heavy (non-hydrogen) atoms. The number of para-hydroxylation sites is 1. The number of hydrogen-bond acceptors (Lipinski definition) is 3. The molecule has 0 fully saturated rings. The summed E-state index contributed by atoms with van der Waals surface area (Å²) in [6, 6.07) is 20.5. The van der Waals surface area contributed by atoms with Crippen LogP contribution in [0.15, 0.2) is 75.8 Å². The predicted octanol–water partition coefficient (Wildman–Crippen LogP) is 5.22. The van der Waals surface area contributed by atoms with Crippen LogP contribution >= 0.6 is 15.9 Å². The van der Waals surface area contributed by atoms with Crippen LogP contribution in [-0.4, -0.2) is 10.5 Å². The lowest BCUT2D eigenvalue weighted by atomic mass is 10.2. The lowest BCUT2D eigenvalue weighted by molar-refractivity contribution is 0.0938. The number of nitrogens with zero attached hydrogens (tertiary/aromatic N) is 2. The number of carbonyl (C=O) groups is 1. The monoisotopic (exact) mass is 390 g/mol. The summed E-state index contributed by atoms with van der Waals surface area (Å²) in [5, 5.41) is 10.0. The van der Waals surface area contributed by atoms with Crippen molar-refractivity contribution in [3.63, 3.8) is 0 Å². The first-order chi connectivity index (χ1) is 12.2. The minimum Gasteiger partial charge on any atom is -0.451 e. The molecule has 2 aromatic carbocycles. The first-order valence-corrected chi connectivity index (χ1v) is 8.37. The second-order valence-corrected chi connectivity index (χ2v) is 6.44. The molecule has 4 nitrogen and oxygen atoms in total. The van der Waals surface area contributed by atoms with Crippen molar-refractivity contribution >= 4 is 32.7 Å². The van der Waals surface area contributed by atoms with E-state index in [0.29, 0.717) is 16.8 Å². The fourth-order valence-electron chi connectivity index (χ4n) is 2.81. The van der Waals surface area contributed by atoms with Crippen LogP contribution in [0.4, 0.5) is 0 Å². The Morgan fingerprint density at radius 2 is 1.92 bits per heavy atom. The predicted molar refractivity (Wildman–Crippen MR) is 98.2 cm³/mol. The quantitative estimate of drug-likeness (QED) is 0.471. The Balaban J connectivity index is 1.77. The third kappa shape index (κ3) is 2.67. The first kappa shape index (κ1) is 15.4. The topological polar surface area (TPSA) is 58.9 Å². The summed E-state index contributed by atoms with van der Waals surface area (Å²) in [6.07, 6.45) is 1.55. The van der Waals surface area contributed by atoms with Crippen LogP contribution in [0.1, 0.15) is 16.1 Å². The number of hydrogen-bond donors (Lipinski definition) is 0. The number of rotatable bonds is 2. The summed E-state index contributed by atoms with van der Waals surface area (Å²) in [4.78, 5) is 12.9. The fraction of sp³-hybridized carbons (Fsp3) is 0. The molecule has 2 aromatic heterocycles. The molecule has 4 rings (SSSR count). The smallest absolute Gasteiger partial charge is 0.298 e. The average molecular weight is 391 g/mol. The number of nitriles is 1. The number of furan rings is 1. The Hall–Kier alpha value is -3.10. The third-order valence-corrected chi connectivity index (χ3v) is 4.47. The van der Waals surface area contributed by atoms with E-state index in [2.05, 4.69) is 22.0 Å². The number of fused-ring (bicyclic) bond motifs is 1. The van der Waals surface area contributed by atoms with Gasteiger partial charge in [-0.2, -0.15) is 5.26 Å². The van der Waals surface area contributed by atoms with Crippen LogP contribution in [0.2, 0.25) is 0 Å². The van der Waals surface area contributed by atoms with Gasteiger partial charge in [-0.25, -0.2) is 0 Å². The molecule has 0 saturated carbocycles. The molecule has 0 aliphatic carbocycles. The molecule has 0 amide bonds. The van der Waals surface area contributed by atoms with Gasteiger partial charge in [-0.3, -0.25) is 9.36 Å². The Morgan fingerprint density at radius 3 is 2.72 bits per heavy atom.